The standard InChI is InChI=1S/C15H14ClNO/c16-14-4-2-1-3-13(14)15(18)10-7-11-5-8-12(17)9-6-11/h1-6,8-9H,7,10,17H2. The number of ketones is 1. The van der Waals surface area contributed by atoms with Gasteiger partial charge in [0, 0.05) is 17.7 Å². The summed E-state index contributed by atoms with van der Waals surface area (Å²) in [6, 6.07) is 14.7. The number of carbonyl (C=O) groups excluding carboxylic acids is 1. The zero-order valence-electron chi connectivity index (χ0n) is 9.90. The molecule has 0 aliphatic rings. The molecule has 0 spiro atoms. The first kappa shape index (κ1) is 12.7. The van der Waals surface area contributed by atoms with Crippen molar-refractivity contribution >= 4 is 23.1 Å². The van der Waals surface area contributed by atoms with Gasteiger partial charge in [-0.25, -0.2) is 0 Å². The zero-order chi connectivity index (χ0) is 13.0. The van der Waals surface area contributed by atoms with Crippen LogP contribution in [0.3, 0.4) is 0 Å². The molecule has 2 rings (SSSR count). The van der Waals surface area contributed by atoms with Gasteiger partial charge < -0.3 is 5.73 Å². The SMILES string of the molecule is Nc1ccc(CCC(=O)c2ccccc2Cl)cc1. The second kappa shape index (κ2) is 5.69. The van der Waals surface area contributed by atoms with E-state index in [-0.39, 0.29) is 5.78 Å². The highest BCUT2D eigenvalue weighted by atomic mass is 35.5. The number of hydrogen-bond donors (Lipinski definition) is 1. The third-order valence-electron chi connectivity index (χ3n) is 2.79. The Morgan fingerprint density at radius 3 is 2.39 bits per heavy atom. The van der Waals surface area contributed by atoms with Gasteiger partial charge in [0.1, 0.15) is 0 Å². The summed E-state index contributed by atoms with van der Waals surface area (Å²) < 4.78 is 0. The Morgan fingerprint density at radius 1 is 1.06 bits per heavy atom. The first-order chi connectivity index (χ1) is 8.66. The molecule has 0 unspecified atom stereocenters. The Hall–Kier alpha value is -1.80. The quantitative estimate of drug-likeness (QED) is 0.671. The fourth-order valence-electron chi connectivity index (χ4n) is 1.76. The summed E-state index contributed by atoms with van der Waals surface area (Å²) in [6.45, 7) is 0. The van der Waals surface area contributed by atoms with E-state index in [4.69, 9.17) is 17.3 Å². The molecular weight excluding hydrogens is 246 g/mol. The number of rotatable bonds is 4. The van der Waals surface area contributed by atoms with Gasteiger partial charge in [-0.2, -0.15) is 0 Å². The van der Waals surface area contributed by atoms with Crippen molar-refractivity contribution in [3.63, 3.8) is 0 Å². The number of carbonyl (C=O) groups is 1. The predicted octanol–water partition coefficient (Wildman–Crippen LogP) is 3.74. The highest BCUT2D eigenvalue weighted by Crippen LogP contribution is 2.18. The van der Waals surface area contributed by atoms with Crippen LogP contribution in [0.5, 0.6) is 0 Å². The number of nitrogen functional groups attached to an aromatic ring is 1. The van der Waals surface area contributed by atoms with Crippen molar-refractivity contribution in [3.8, 4) is 0 Å². The molecule has 2 nitrogen and oxygen atoms in total. The average Bonchev–Trinajstić information content (AvgIpc) is 2.38. The second-order valence-electron chi connectivity index (χ2n) is 4.14. The molecule has 3 heteroatoms. The van der Waals surface area contributed by atoms with Gasteiger partial charge in [0.15, 0.2) is 5.78 Å². The summed E-state index contributed by atoms with van der Waals surface area (Å²) in [5.41, 5.74) is 8.04. The molecule has 0 atom stereocenters. The number of nitrogens with two attached hydrogens (primary N) is 1. The van der Waals surface area contributed by atoms with E-state index in [0.29, 0.717) is 23.4 Å². The Labute approximate surface area is 111 Å². The Kier molecular flexibility index (Phi) is 4.00. The average molecular weight is 260 g/mol. The third-order valence-corrected chi connectivity index (χ3v) is 3.12. The number of anilines is 1. The normalized spacial score (nSPS) is 10.3. The van der Waals surface area contributed by atoms with Gasteiger partial charge >= 0.3 is 0 Å². The van der Waals surface area contributed by atoms with Crippen LogP contribution in [0.1, 0.15) is 22.3 Å². The lowest BCUT2D eigenvalue weighted by atomic mass is 10.0. The van der Waals surface area contributed by atoms with E-state index in [1.807, 2.05) is 36.4 Å². The Morgan fingerprint density at radius 2 is 1.72 bits per heavy atom. The minimum absolute atomic E-state index is 0.0671. The van der Waals surface area contributed by atoms with E-state index in [1.165, 1.54) is 0 Å². The van der Waals surface area contributed by atoms with Crippen LogP contribution >= 0.6 is 11.6 Å². The zero-order valence-corrected chi connectivity index (χ0v) is 10.7. The number of benzene rings is 2. The van der Waals surface area contributed by atoms with E-state index in [0.717, 1.165) is 11.3 Å². The van der Waals surface area contributed by atoms with Crippen molar-refractivity contribution in [1.82, 2.24) is 0 Å². The lowest BCUT2D eigenvalue weighted by Gasteiger charge is -2.04. The number of halogens is 1. The van der Waals surface area contributed by atoms with E-state index < -0.39 is 0 Å². The molecule has 0 amide bonds. The lowest BCUT2D eigenvalue weighted by molar-refractivity contribution is 0.0983. The van der Waals surface area contributed by atoms with Crippen molar-refractivity contribution in [2.45, 2.75) is 12.8 Å². The highest BCUT2D eigenvalue weighted by molar-refractivity contribution is 6.33. The topological polar surface area (TPSA) is 43.1 Å². The molecule has 92 valence electrons. The maximum Gasteiger partial charge on any atom is 0.164 e. The summed E-state index contributed by atoms with van der Waals surface area (Å²) in [5.74, 6) is 0.0671. The van der Waals surface area contributed by atoms with Crippen LogP contribution in [-0.2, 0) is 6.42 Å². The van der Waals surface area contributed by atoms with E-state index >= 15 is 0 Å². The fourth-order valence-corrected chi connectivity index (χ4v) is 2.01. The molecule has 0 radical (unpaired) electrons. The fraction of sp³-hybridized carbons (Fsp3) is 0.133. The molecule has 0 heterocycles. The molecule has 0 saturated heterocycles. The van der Waals surface area contributed by atoms with Crippen LogP contribution in [0.25, 0.3) is 0 Å². The molecule has 2 aromatic carbocycles. The summed E-state index contributed by atoms with van der Waals surface area (Å²) in [6.07, 6.45) is 1.15. The minimum Gasteiger partial charge on any atom is -0.399 e. The minimum atomic E-state index is 0.0671. The third kappa shape index (κ3) is 3.11. The lowest BCUT2D eigenvalue weighted by Crippen LogP contribution is -2.02. The van der Waals surface area contributed by atoms with Crippen LogP contribution in [-0.4, -0.2) is 5.78 Å². The number of aryl methyl sites for hydroxylation is 1. The van der Waals surface area contributed by atoms with Crippen LogP contribution < -0.4 is 5.73 Å². The van der Waals surface area contributed by atoms with Crippen molar-refractivity contribution in [1.29, 1.82) is 0 Å². The molecule has 0 aromatic heterocycles. The van der Waals surface area contributed by atoms with Crippen molar-refractivity contribution < 1.29 is 4.79 Å². The molecular formula is C15H14ClNO. The molecule has 0 bridgehead atoms. The monoisotopic (exact) mass is 259 g/mol. The van der Waals surface area contributed by atoms with Crippen molar-refractivity contribution in [2.24, 2.45) is 0 Å². The van der Waals surface area contributed by atoms with E-state index in [2.05, 4.69) is 0 Å². The maximum absolute atomic E-state index is 12.0. The molecule has 18 heavy (non-hydrogen) atoms. The van der Waals surface area contributed by atoms with Crippen LogP contribution in [0.15, 0.2) is 48.5 Å². The summed E-state index contributed by atoms with van der Waals surface area (Å²) in [7, 11) is 0. The molecule has 0 saturated carbocycles. The molecule has 0 aliphatic heterocycles. The van der Waals surface area contributed by atoms with Gasteiger partial charge in [-0.05, 0) is 36.2 Å². The van der Waals surface area contributed by atoms with Crippen LogP contribution in [0.4, 0.5) is 5.69 Å². The molecule has 0 fully saturated rings. The summed E-state index contributed by atoms with van der Waals surface area (Å²) in [4.78, 5) is 12.0. The van der Waals surface area contributed by atoms with Crippen LogP contribution in [0, 0.1) is 0 Å². The molecule has 2 N–H and O–H groups in total. The summed E-state index contributed by atoms with van der Waals surface area (Å²) >= 11 is 5.98. The Bertz CT molecular complexity index is 549. The maximum atomic E-state index is 12.0. The molecule has 2 aromatic rings. The smallest absolute Gasteiger partial charge is 0.164 e. The number of Topliss-reactive ketones (excluding diaryl/α,β-unsaturated/α-hetero) is 1. The van der Waals surface area contributed by atoms with Crippen molar-refractivity contribution in [2.75, 3.05) is 5.73 Å². The van der Waals surface area contributed by atoms with Crippen molar-refractivity contribution in [3.05, 3.63) is 64.7 Å². The summed E-state index contributed by atoms with van der Waals surface area (Å²) in [5, 5.41) is 0.514. The number of hydrogen-bond acceptors (Lipinski definition) is 2. The van der Waals surface area contributed by atoms with Gasteiger partial charge in [0.25, 0.3) is 0 Å². The van der Waals surface area contributed by atoms with E-state index in [1.54, 1.807) is 12.1 Å². The predicted molar refractivity (Wildman–Crippen MR) is 75.0 cm³/mol. The van der Waals surface area contributed by atoms with Gasteiger partial charge in [0.05, 0.1) is 5.02 Å². The Balaban J connectivity index is 2.01. The highest BCUT2D eigenvalue weighted by Gasteiger charge is 2.09. The van der Waals surface area contributed by atoms with E-state index in [9.17, 15) is 4.79 Å². The van der Waals surface area contributed by atoms with Gasteiger partial charge in [0.2, 0.25) is 0 Å². The van der Waals surface area contributed by atoms with Gasteiger partial charge in [-0.1, -0.05) is 35.9 Å². The van der Waals surface area contributed by atoms with Gasteiger partial charge in [-0.3, -0.25) is 4.79 Å². The second-order valence-corrected chi connectivity index (χ2v) is 4.55. The van der Waals surface area contributed by atoms with Crippen LogP contribution in [0.2, 0.25) is 5.02 Å². The largest absolute Gasteiger partial charge is 0.399 e. The molecule has 0 aliphatic carbocycles. The first-order valence-corrected chi connectivity index (χ1v) is 6.17. The first-order valence-electron chi connectivity index (χ1n) is 5.79. The van der Waals surface area contributed by atoms with Gasteiger partial charge in [-0.15, -0.1) is 0 Å².